The first-order valence-electron chi connectivity index (χ1n) is 13.3. The van der Waals surface area contributed by atoms with E-state index in [0.29, 0.717) is 17.0 Å². The van der Waals surface area contributed by atoms with E-state index in [1.807, 2.05) is 60.7 Å². The van der Waals surface area contributed by atoms with Crippen molar-refractivity contribution in [1.82, 2.24) is 5.43 Å². The van der Waals surface area contributed by atoms with E-state index < -0.39 is 23.2 Å². The van der Waals surface area contributed by atoms with Crippen LogP contribution in [0.1, 0.15) is 38.5 Å². The zero-order chi connectivity index (χ0) is 28.3. The van der Waals surface area contributed by atoms with Crippen molar-refractivity contribution in [3.8, 4) is 5.75 Å². The monoisotopic (exact) mass is 605 g/mol. The number of halogens is 1. The Morgan fingerprint density at radius 3 is 2.10 bits per heavy atom. The van der Waals surface area contributed by atoms with Crippen LogP contribution < -0.4 is 15.1 Å². The molecule has 0 radical (unpaired) electrons. The van der Waals surface area contributed by atoms with E-state index in [1.165, 1.54) is 4.90 Å². The summed E-state index contributed by atoms with van der Waals surface area (Å²) in [4.78, 5) is 42.9. The van der Waals surface area contributed by atoms with E-state index in [2.05, 4.69) is 26.5 Å². The molecule has 2 bridgehead atoms. The minimum absolute atomic E-state index is 0.226. The number of rotatable bonds is 5. The maximum atomic E-state index is 14.4. The summed E-state index contributed by atoms with van der Waals surface area (Å²) in [6, 6.07) is 29.8. The SMILES string of the molecule is COc1ccc(C(=O)N/N=C/C23c4ccccc4C(c4ccccc42)[C@H]2C(=O)N(c4ccc(Br)cc4)C(=O)[C@H]23)cc1. The zero-order valence-corrected chi connectivity index (χ0v) is 23.5. The predicted molar refractivity (Wildman–Crippen MR) is 158 cm³/mol. The van der Waals surface area contributed by atoms with Crippen LogP contribution in [-0.2, 0) is 15.0 Å². The summed E-state index contributed by atoms with van der Waals surface area (Å²) in [5.74, 6) is -1.86. The van der Waals surface area contributed by atoms with Gasteiger partial charge in [0.15, 0.2) is 0 Å². The molecule has 1 N–H and O–H groups in total. The highest BCUT2D eigenvalue weighted by Crippen LogP contribution is 2.63. The van der Waals surface area contributed by atoms with E-state index in [1.54, 1.807) is 49.7 Å². The van der Waals surface area contributed by atoms with Crippen LogP contribution in [0.3, 0.4) is 0 Å². The van der Waals surface area contributed by atoms with E-state index in [9.17, 15) is 14.4 Å². The second-order valence-electron chi connectivity index (χ2n) is 10.4. The second-order valence-corrected chi connectivity index (χ2v) is 11.4. The van der Waals surface area contributed by atoms with Crippen molar-refractivity contribution in [2.45, 2.75) is 11.3 Å². The summed E-state index contributed by atoms with van der Waals surface area (Å²) >= 11 is 3.44. The van der Waals surface area contributed by atoms with Gasteiger partial charge in [0.1, 0.15) is 5.75 Å². The van der Waals surface area contributed by atoms with Crippen molar-refractivity contribution >= 4 is 45.6 Å². The lowest BCUT2D eigenvalue weighted by molar-refractivity contribution is -0.122. The normalized spacial score (nSPS) is 23.8. The number of carbonyl (C=O) groups excluding carboxylic acids is 3. The highest BCUT2D eigenvalue weighted by molar-refractivity contribution is 9.10. The first-order chi connectivity index (χ1) is 20.0. The highest BCUT2D eigenvalue weighted by atomic mass is 79.9. The largest absolute Gasteiger partial charge is 0.497 e. The second kappa shape index (κ2) is 9.52. The van der Waals surface area contributed by atoms with Crippen LogP contribution in [0, 0.1) is 11.8 Å². The molecule has 4 aliphatic rings. The maximum absolute atomic E-state index is 14.4. The molecule has 8 rings (SSSR count). The van der Waals surface area contributed by atoms with Gasteiger partial charge in [-0.2, -0.15) is 5.10 Å². The van der Waals surface area contributed by atoms with Gasteiger partial charge < -0.3 is 4.74 Å². The number of nitrogens with zero attached hydrogens (tertiary/aromatic N) is 2. The number of hydrogen-bond donors (Lipinski definition) is 1. The van der Waals surface area contributed by atoms with Gasteiger partial charge in [-0.25, -0.2) is 10.3 Å². The van der Waals surface area contributed by atoms with Crippen LogP contribution >= 0.6 is 15.9 Å². The molecule has 1 aliphatic heterocycles. The number of anilines is 1. The van der Waals surface area contributed by atoms with Gasteiger partial charge in [-0.15, -0.1) is 0 Å². The van der Waals surface area contributed by atoms with Gasteiger partial charge in [0, 0.05) is 22.2 Å². The van der Waals surface area contributed by atoms with Gasteiger partial charge in [-0.3, -0.25) is 14.4 Å². The molecule has 41 heavy (non-hydrogen) atoms. The average molecular weight is 606 g/mol. The van der Waals surface area contributed by atoms with E-state index in [0.717, 1.165) is 26.7 Å². The number of nitrogens with one attached hydrogen (secondary N) is 1. The van der Waals surface area contributed by atoms with Crippen molar-refractivity contribution in [3.05, 3.63) is 129 Å². The molecule has 1 fully saturated rings. The first kappa shape index (κ1) is 25.4. The summed E-state index contributed by atoms with van der Waals surface area (Å²) in [5.41, 5.74) is 6.38. The minimum Gasteiger partial charge on any atom is -0.497 e. The van der Waals surface area contributed by atoms with Gasteiger partial charge in [-0.05, 0) is 70.8 Å². The van der Waals surface area contributed by atoms with Crippen molar-refractivity contribution in [2.24, 2.45) is 16.9 Å². The van der Waals surface area contributed by atoms with Crippen LogP contribution in [0.5, 0.6) is 5.75 Å². The standard InChI is InChI=1S/C33H24BrN3O4/c1-41-22-16-10-19(11-17-22)30(38)36-35-18-33-25-8-4-2-6-23(25)27(24-7-3-5-9-26(24)33)28-29(33)32(40)37(31(28)39)21-14-12-20(34)13-15-21/h2-18,27-29H,1H3,(H,36,38)/b35-18+/t27?,28-,29+,33?/m1/s1. The quantitative estimate of drug-likeness (QED) is 0.187. The number of methoxy groups -OCH3 is 1. The van der Waals surface area contributed by atoms with Gasteiger partial charge in [-0.1, -0.05) is 64.5 Å². The van der Waals surface area contributed by atoms with Gasteiger partial charge >= 0.3 is 0 Å². The number of imide groups is 1. The topological polar surface area (TPSA) is 88.1 Å². The fourth-order valence-corrected chi connectivity index (χ4v) is 7.16. The Bertz CT molecular complexity index is 1700. The third kappa shape index (κ3) is 3.63. The summed E-state index contributed by atoms with van der Waals surface area (Å²) < 4.78 is 6.04. The predicted octanol–water partition coefficient (Wildman–Crippen LogP) is 5.42. The van der Waals surface area contributed by atoms with Crippen LogP contribution in [-0.4, -0.2) is 31.0 Å². The molecule has 0 saturated carbocycles. The molecule has 0 aromatic heterocycles. The summed E-state index contributed by atoms with van der Waals surface area (Å²) in [6.07, 6.45) is 1.66. The lowest BCUT2D eigenvalue weighted by Crippen LogP contribution is -2.54. The molecule has 1 saturated heterocycles. The molecule has 0 unspecified atom stereocenters. The third-order valence-electron chi connectivity index (χ3n) is 8.56. The molecule has 8 heteroatoms. The molecule has 4 aromatic carbocycles. The van der Waals surface area contributed by atoms with Crippen molar-refractivity contribution in [1.29, 1.82) is 0 Å². The van der Waals surface area contributed by atoms with E-state index in [4.69, 9.17) is 4.74 Å². The lowest BCUT2D eigenvalue weighted by Gasteiger charge is -2.52. The van der Waals surface area contributed by atoms with Crippen molar-refractivity contribution < 1.29 is 19.1 Å². The molecular weight excluding hydrogens is 582 g/mol. The molecule has 4 aromatic rings. The molecular formula is C33H24BrN3O4. The van der Waals surface area contributed by atoms with Crippen molar-refractivity contribution in [3.63, 3.8) is 0 Å². The van der Waals surface area contributed by atoms with E-state index >= 15 is 0 Å². The number of hydrazone groups is 1. The Labute approximate surface area is 245 Å². The Kier molecular flexibility index (Phi) is 5.90. The Balaban J connectivity index is 1.37. The molecule has 2 atom stereocenters. The fraction of sp³-hybridized carbons (Fsp3) is 0.152. The van der Waals surface area contributed by atoms with Gasteiger partial charge in [0.2, 0.25) is 11.8 Å². The molecule has 3 amide bonds. The Morgan fingerprint density at radius 1 is 0.878 bits per heavy atom. The highest BCUT2D eigenvalue weighted by Gasteiger charge is 2.68. The number of hydrogen-bond acceptors (Lipinski definition) is 5. The smallest absolute Gasteiger partial charge is 0.271 e. The molecule has 202 valence electrons. The average Bonchev–Trinajstić information content (AvgIpc) is 3.28. The zero-order valence-electron chi connectivity index (χ0n) is 22.0. The van der Waals surface area contributed by atoms with Crippen LogP contribution in [0.2, 0.25) is 0 Å². The number of benzene rings is 4. The minimum atomic E-state index is -1.06. The maximum Gasteiger partial charge on any atom is 0.271 e. The van der Waals surface area contributed by atoms with Crippen LogP contribution in [0.25, 0.3) is 0 Å². The molecule has 7 nitrogen and oxygen atoms in total. The van der Waals surface area contributed by atoms with Gasteiger partial charge in [0.25, 0.3) is 5.91 Å². The fourth-order valence-electron chi connectivity index (χ4n) is 6.89. The number of ether oxygens (including phenoxy) is 1. The first-order valence-corrected chi connectivity index (χ1v) is 14.1. The Morgan fingerprint density at radius 2 is 1.49 bits per heavy atom. The summed E-state index contributed by atoms with van der Waals surface area (Å²) in [5, 5.41) is 4.46. The molecule has 3 aliphatic carbocycles. The number of carbonyl (C=O) groups is 3. The lowest BCUT2D eigenvalue weighted by atomic mass is 9.47. The number of amides is 3. The third-order valence-corrected chi connectivity index (χ3v) is 9.08. The van der Waals surface area contributed by atoms with Crippen LogP contribution in [0.15, 0.2) is 107 Å². The summed E-state index contributed by atoms with van der Waals surface area (Å²) in [7, 11) is 1.56. The van der Waals surface area contributed by atoms with E-state index in [-0.39, 0.29) is 17.7 Å². The van der Waals surface area contributed by atoms with Gasteiger partial charge in [0.05, 0.1) is 30.0 Å². The molecule has 1 heterocycles. The summed E-state index contributed by atoms with van der Waals surface area (Å²) in [6.45, 7) is 0. The van der Waals surface area contributed by atoms with Crippen molar-refractivity contribution in [2.75, 3.05) is 12.0 Å². The Hall–Kier alpha value is -4.56. The molecule has 0 spiro atoms. The van der Waals surface area contributed by atoms with Crippen LogP contribution in [0.4, 0.5) is 5.69 Å².